The lowest BCUT2D eigenvalue weighted by Gasteiger charge is -2.04. The Morgan fingerprint density at radius 1 is 1.38 bits per heavy atom. The average Bonchev–Trinajstić information content (AvgIpc) is 2.48. The number of aliphatic hydroxyl groups excluding tert-OH is 1. The standard InChI is InChI=1S/C15H12FN3O2/c16-13-8-12(9-17-10-13)15(21)19-14-7-11(4-5-18-14)3-1-2-6-20/h4-5,7-10,20H,2,6H2,(H,18,19,21). The van der Waals surface area contributed by atoms with Crippen LogP contribution in [-0.2, 0) is 0 Å². The van der Waals surface area contributed by atoms with Crippen LogP contribution in [0.3, 0.4) is 0 Å². The van der Waals surface area contributed by atoms with Crippen molar-refractivity contribution in [1.82, 2.24) is 9.97 Å². The second-order valence-corrected chi connectivity index (χ2v) is 4.05. The third-order valence-corrected chi connectivity index (χ3v) is 2.44. The molecule has 2 heterocycles. The monoisotopic (exact) mass is 285 g/mol. The van der Waals surface area contributed by atoms with Crippen molar-refractivity contribution in [3.63, 3.8) is 0 Å². The van der Waals surface area contributed by atoms with E-state index in [9.17, 15) is 9.18 Å². The number of pyridine rings is 2. The van der Waals surface area contributed by atoms with E-state index in [4.69, 9.17) is 5.11 Å². The van der Waals surface area contributed by atoms with Crippen molar-refractivity contribution in [2.75, 3.05) is 11.9 Å². The summed E-state index contributed by atoms with van der Waals surface area (Å²) >= 11 is 0. The molecule has 2 rings (SSSR count). The van der Waals surface area contributed by atoms with Crippen LogP contribution in [0.1, 0.15) is 22.3 Å². The third kappa shape index (κ3) is 4.37. The highest BCUT2D eigenvalue weighted by Crippen LogP contribution is 2.09. The van der Waals surface area contributed by atoms with E-state index in [0.29, 0.717) is 17.8 Å². The summed E-state index contributed by atoms with van der Waals surface area (Å²) < 4.78 is 13.0. The Bertz CT molecular complexity index is 707. The number of carbonyl (C=O) groups is 1. The van der Waals surface area contributed by atoms with Crippen LogP contribution in [-0.4, -0.2) is 27.6 Å². The number of nitrogens with one attached hydrogen (secondary N) is 1. The van der Waals surface area contributed by atoms with Crippen LogP contribution < -0.4 is 5.32 Å². The summed E-state index contributed by atoms with van der Waals surface area (Å²) in [7, 11) is 0. The van der Waals surface area contributed by atoms with Crippen LogP contribution in [0.15, 0.2) is 36.8 Å². The predicted molar refractivity (Wildman–Crippen MR) is 75.0 cm³/mol. The van der Waals surface area contributed by atoms with Crippen molar-refractivity contribution in [1.29, 1.82) is 0 Å². The Balaban J connectivity index is 2.11. The molecule has 21 heavy (non-hydrogen) atoms. The van der Waals surface area contributed by atoms with Crippen LogP contribution in [0.25, 0.3) is 0 Å². The highest BCUT2D eigenvalue weighted by molar-refractivity contribution is 6.03. The maximum absolute atomic E-state index is 13.0. The van der Waals surface area contributed by atoms with Gasteiger partial charge in [-0.3, -0.25) is 9.78 Å². The zero-order valence-corrected chi connectivity index (χ0v) is 11.0. The number of rotatable bonds is 3. The number of carbonyl (C=O) groups excluding carboxylic acids is 1. The molecular formula is C15H12FN3O2. The molecule has 0 aromatic carbocycles. The van der Waals surface area contributed by atoms with E-state index in [-0.39, 0.29) is 12.2 Å². The Labute approximate surface area is 120 Å². The number of anilines is 1. The fraction of sp³-hybridized carbons (Fsp3) is 0.133. The van der Waals surface area contributed by atoms with Gasteiger partial charge in [0.2, 0.25) is 0 Å². The van der Waals surface area contributed by atoms with Crippen molar-refractivity contribution in [3.05, 3.63) is 53.7 Å². The Hall–Kier alpha value is -2.78. The van der Waals surface area contributed by atoms with Gasteiger partial charge in [0.15, 0.2) is 0 Å². The minimum Gasteiger partial charge on any atom is -0.395 e. The van der Waals surface area contributed by atoms with E-state index >= 15 is 0 Å². The molecule has 0 spiro atoms. The minimum atomic E-state index is -0.584. The molecule has 0 bridgehead atoms. The Morgan fingerprint density at radius 2 is 2.24 bits per heavy atom. The second kappa shape index (κ2) is 7.12. The van der Waals surface area contributed by atoms with Crippen molar-refractivity contribution in [3.8, 4) is 11.8 Å². The quantitative estimate of drug-likeness (QED) is 0.840. The number of nitrogens with zero attached hydrogens (tertiary/aromatic N) is 2. The molecule has 0 aliphatic carbocycles. The van der Waals surface area contributed by atoms with Crippen LogP contribution in [0.4, 0.5) is 10.2 Å². The normalized spacial score (nSPS) is 9.62. The lowest BCUT2D eigenvalue weighted by Crippen LogP contribution is -2.13. The highest BCUT2D eigenvalue weighted by Gasteiger charge is 2.08. The van der Waals surface area contributed by atoms with Gasteiger partial charge in [-0.1, -0.05) is 11.8 Å². The van der Waals surface area contributed by atoms with Gasteiger partial charge in [0.25, 0.3) is 5.91 Å². The summed E-state index contributed by atoms with van der Waals surface area (Å²) in [5, 5.41) is 11.2. The summed E-state index contributed by atoms with van der Waals surface area (Å²) in [4.78, 5) is 19.5. The highest BCUT2D eigenvalue weighted by atomic mass is 19.1. The summed E-state index contributed by atoms with van der Waals surface area (Å²) in [6, 6.07) is 4.37. The maximum Gasteiger partial charge on any atom is 0.258 e. The average molecular weight is 285 g/mol. The number of hydrogen-bond acceptors (Lipinski definition) is 4. The molecule has 6 heteroatoms. The molecule has 2 N–H and O–H groups in total. The first kappa shape index (κ1) is 14.6. The number of aromatic nitrogens is 2. The van der Waals surface area contributed by atoms with Gasteiger partial charge < -0.3 is 10.4 Å². The summed E-state index contributed by atoms with van der Waals surface area (Å²) in [5.41, 5.74) is 0.764. The summed E-state index contributed by atoms with van der Waals surface area (Å²) in [5.74, 6) is 4.82. The molecule has 2 aromatic rings. The van der Waals surface area contributed by atoms with Crippen LogP contribution in [0.2, 0.25) is 0 Å². The molecule has 106 valence electrons. The molecule has 5 nitrogen and oxygen atoms in total. The Morgan fingerprint density at radius 3 is 3.00 bits per heavy atom. The summed E-state index contributed by atoms with van der Waals surface area (Å²) in [6.07, 6.45) is 4.16. The van der Waals surface area contributed by atoms with E-state index in [1.807, 2.05) is 0 Å². The van der Waals surface area contributed by atoms with E-state index in [1.54, 1.807) is 12.1 Å². The third-order valence-electron chi connectivity index (χ3n) is 2.44. The largest absolute Gasteiger partial charge is 0.395 e. The van der Waals surface area contributed by atoms with Gasteiger partial charge in [-0.2, -0.15) is 0 Å². The zero-order chi connectivity index (χ0) is 15.1. The van der Waals surface area contributed by atoms with E-state index in [1.165, 1.54) is 12.4 Å². The van der Waals surface area contributed by atoms with Gasteiger partial charge in [-0.15, -0.1) is 0 Å². The molecule has 0 aliphatic heterocycles. The first-order valence-corrected chi connectivity index (χ1v) is 6.17. The van der Waals surface area contributed by atoms with Gasteiger partial charge in [-0.25, -0.2) is 9.37 Å². The van der Waals surface area contributed by atoms with Gasteiger partial charge in [0.1, 0.15) is 11.6 Å². The molecule has 0 atom stereocenters. The molecule has 0 radical (unpaired) electrons. The van der Waals surface area contributed by atoms with Crippen LogP contribution in [0, 0.1) is 17.7 Å². The number of hydrogen-bond donors (Lipinski definition) is 2. The molecule has 1 amide bonds. The predicted octanol–water partition coefficient (Wildman–Crippen LogP) is 1.60. The van der Waals surface area contributed by atoms with Gasteiger partial charge in [0, 0.05) is 24.4 Å². The Kier molecular flexibility index (Phi) is 4.96. The van der Waals surface area contributed by atoms with Crippen LogP contribution in [0.5, 0.6) is 0 Å². The lowest BCUT2D eigenvalue weighted by atomic mass is 10.2. The molecule has 0 saturated carbocycles. The number of amides is 1. The number of halogens is 1. The van der Waals surface area contributed by atoms with Crippen molar-refractivity contribution in [2.24, 2.45) is 0 Å². The van der Waals surface area contributed by atoms with E-state index in [0.717, 1.165) is 12.3 Å². The van der Waals surface area contributed by atoms with Crippen molar-refractivity contribution in [2.45, 2.75) is 6.42 Å². The van der Waals surface area contributed by atoms with Gasteiger partial charge >= 0.3 is 0 Å². The molecular weight excluding hydrogens is 273 g/mol. The van der Waals surface area contributed by atoms with Crippen molar-refractivity contribution >= 4 is 11.7 Å². The molecule has 0 unspecified atom stereocenters. The van der Waals surface area contributed by atoms with Gasteiger partial charge in [-0.05, 0) is 18.2 Å². The smallest absolute Gasteiger partial charge is 0.258 e. The SMILES string of the molecule is O=C(Nc1cc(C#CCCO)ccn1)c1cncc(F)c1. The molecule has 0 aliphatic rings. The molecule has 2 aromatic heterocycles. The molecule has 0 saturated heterocycles. The fourth-order valence-corrected chi connectivity index (χ4v) is 1.52. The fourth-order valence-electron chi connectivity index (χ4n) is 1.52. The van der Waals surface area contributed by atoms with E-state index < -0.39 is 11.7 Å². The second-order valence-electron chi connectivity index (χ2n) is 4.05. The van der Waals surface area contributed by atoms with Gasteiger partial charge in [0.05, 0.1) is 18.4 Å². The molecule has 0 fully saturated rings. The number of aliphatic hydroxyl groups is 1. The maximum atomic E-state index is 13.0. The van der Waals surface area contributed by atoms with Crippen LogP contribution >= 0.6 is 0 Å². The lowest BCUT2D eigenvalue weighted by molar-refractivity contribution is 0.102. The first-order valence-electron chi connectivity index (χ1n) is 6.17. The summed E-state index contributed by atoms with van der Waals surface area (Å²) in [6.45, 7) is -0.00571. The minimum absolute atomic E-state index is 0.00571. The topological polar surface area (TPSA) is 75.1 Å². The van der Waals surface area contributed by atoms with Crippen molar-refractivity contribution < 1.29 is 14.3 Å². The van der Waals surface area contributed by atoms with E-state index in [2.05, 4.69) is 27.1 Å². The zero-order valence-electron chi connectivity index (χ0n) is 11.0. The first-order chi connectivity index (χ1) is 10.2.